The number of primary amides is 1. The quantitative estimate of drug-likeness (QED) is 0.612. The molecule has 1 rings (SSSR count). The van der Waals surface area contributed by atoms with Crippen LogP contribution in [0.3, 0.4) is 0 Å². The van der Waals surface area contributed by atoms with Gasteiger partial charge in [-0.25, -0.2) is 0 Å². The first-order chi connectivity index (χ1) is 8.63. The molecule has 0 saturated carbocycles. The van der Waals surface area contributed by atoms with Gasteiger partial charge in [-0.3, -0.25) is 9.59 Å². The predicted octanol–water partition coefficient (Wildman–Crippen LogP) is 0.401. The number of carbonyl (C=O) groups excluding carboxylic acids is 2. The fraction of sp³-hybridized carbons (Fsp3) is 0.385. The zero-order valence-electron chi connectivity index (χ0n) is 10.5. The van der Waals surface area contributed by atoms with E-state index in [9.17, 15) is 9.59 Å². The van der Waals surface area contributed by atoms with Crippen molar-refractivity contribution in [1.82, 2.24) is 10.6 Å². The lowest BCUT2D eigenvalue weighted by atomic mass is 10.1. The van der Waals surface area contributed by atoms with Gasteiger partial charge in [0.15, 0.2) is 0 Å². The minimum absolute atomic E-state index is 0.00901. The van der Waals surface area contributed by atoms with E-state index in [1.54, 1.807) is 18.2 Å². The number of hydrogen-bond donors (Lipinski definition) is 3. The third kappa shape index (κ3) is 4.97. The zero-order valence-corrected chi connectivity index (χ0v) is 10.5. The van der Waals surface area contributed by atoms with E-state index in [4.69, 9.17) is 5.73 Å². The van der Waals surface area contributed by atoms with Crippen LogP contribution in [0.4, 0.5) is 0 Å². The standard InChI is InChI=1S/C13H19N3O2/c1-15-7-3-6-12(17)16-9-10-4-2-5-11(8-10)13(14)18/h2,4-5,8,15H,3,6-7,9H2,1H3,(H2,14,18)(H,16,17). The van der Waals surface area contributed by atoms with Crippen LogP contribution in [-0.4, -0.2) is 25.4 Å². The Kier molecular flexibility index (Phi) is 5.87. The number of nitrogens with two attached hydrogens (primary N) is 1. The van der Waals surface area contributed by atoms with Crippen molar-refractivity contribution in [2.75, 3.05) is 13.6 Å². The minimum atomic E-state index is -0.461. The molecule has 1 aromatic carbocycles. The molecule has 0 saturated heterocycles. The summed E-state index contributed by atoms with van der Waals surface area (Å²) in [5.41, 5.74) is 6.51. The average Bonchev–Trinajstić information content (AvgIpc) is 2.37. The van der Waals surface area contributed by atoms with Gasteiger partial charge in [-0.05, 0) is 37.7 Å². The smallest absolute Gasteiger partial charge is 0.248 e. The summed E-state index contributed by atoms with van der Waals surface area (Å²) in [5, 5.41) is 5.79. The Bertz CT molecular complexity index is 418. The Hall–Kier alpha value is -1.88. The lowest BCUT2D eigenvalue weighted by molar-refractivity contribution is -0.121. The number of carbonyl (C=O) groups is 2. The second-order valence-electron chi connectivity index (χ2n) is 4.05. The molecule has 5 nitrogen and oxygen atoms in total. The summed E-state index contributed by atoms with van der Waals surface area (Å²) < 4.78 is 0. The van der Waals surface area contributed by atoms with Gasteiger partial charge < -0.3 is 16.4 Å². The van der Waals surface area contributed by atoms with Crippen LogP contribution in [0.1, 0.15) is 28.8 Å². The summed E-state index contributed by atoms with van der Waals surface area (Å²) in [7, 11) is 1.85. The predicted molar refractivity (Wildman–Crippen MR) is 70.0 cm³/mol. The van der Waals surface area contributed by atoms with Crippen molar-refractivity contribution in [1.29, 1.82) is 0 Å². The van der Waals surface area contributed by atoms with Gasteiger partial charge in [-0.15, -0.1) is 0 Å². The second kappa shape index (κ2) is 7.45. The molecule has 0 fully saturated rings. The molecule has 0 radical (unpaired) electrons. The van der Waals surface area contributed by atoms with Gasteiger partial charge in [-0.2, -0.15) is 0 Å². The third-order valence-corrected chi connectivity index (χ3v) is 2.53. The van der Waals surface area contributed by atoms with Gasteiger partial charge >= 0.3 is 0 Å². The zero-order chi connectivity index (χ0) is 13.4. The molecule has 0 aliphatic heterocycles. The van der Waals surface area contributed by atoms with Gasteiger partial charge in [0, 0.05) is 18.5 Å². The molecule has 18 heavy (non-hydrogen) atoms. The van der Waals surface area contributed by atoms with Crippen LogP contribution in [0.25, 0.3) is 0 Å². The van der Waals surface area contributed by atoms with Crippen LogP contribution in [0, 0.1) is 0 Å². The van der Waals surface area contributed by atoms with E-state index in [0.717, 1.165) is 18.5 Å². The highest BCUT2D eigenvalue weighted by molar-refractivity contribution is 5.92. The van der Waals surface area contributed by atoms with Crippen LogP contribution < -0.4 is 16.4 Å². The fourth-order valence-corrected chi connectivity index (χ4v) is 1.55. The summed E-state index contributed by atoms with van der Waals surface area (Å²) in [6, 6.07) is 6.94. The van der Waals surface area contributed by atoms with Gasteiger partial charge in [0.05, 0.1) is 0 Å². The van der Waals surface area contributed by atoms with Crippen LogP contribution in [0.2, 0.25) is 0 Å². The highest BCUT2D eigenvalue weighted by Crippen LogP contribution is 2.04. The first kappa shape index (κ1) is 14.2. The number of nitrogens with one attached hydrogen (secondary N) is 2. The Morgan fingerprint density at radius 3 is 2.78 bits per heavy atom. The van der Waals surface area contributed by atoms with E-state index in [1.807, 2.05) is 13.1 Å². The second-order valence-corrected chi connectivity index (χ2v) is 4.05. The number of amides is 2. The summed E-state index contributed by atoms with van der Waals surface area (Å²) in [5.74, 6) is -0.452. The Morgan fingerprint density at radius 2 is 2.11 bits per heavy atom. The molecule has 2 amide bonds. The van der Waals surface area contributed by atoms with E-state index in [1.165, 1.54) is 0 Å². The molecular formula is C13H19N3O2. The van der Waals surface area contributed by atoms with E-state index in [2.05, 4.69) is 10.6 Å². The number of benzene rings is 1. The largest absolute Gasteiger partial charge is 0.366 e. The van der Waals surface area contributed by atoms with E-state index in [0.29, 0.717) is 18.5 Å². The van der Waals surface area contributed by atoms with E-state index < -0.39 is 5.91 Å². The maximum absolute atomic E-state index is 11.5. The van der Waals surface area contributed by atoms with E-state index >= 15 is 0 Å². The molecule has 0 heterocycles. The molecule has 0 unspecified atom stereocenters. The van der Waals surface area contributed by atoms with Gasteiger partial charge in [0.2, 0.25) is 11.8 Å². The highest BCUT2D eigenvalue weighted by atomic mass is 16.1. The molecule has 0 bridgehead atoms. The molecule has 0 spiro atoms. The summed E-state index contributed by atoms with van der Waals surface area (Å²) in [6.45, 7) is 1.24. The number of rotatable bonds is 7. The normalized spacial score (nSPS) is 10.1. The minimum Gasteiger partial charge on any atom is -0.366 e. The van der Waals surface area contributed by atoms with Crippen molar-refractivity contribution >= 4 is 11.8 Å². The third-order valence-electron chi connectivity index (χ3n) is 2.53. The molecule has 1 aromatic rings. The Labute approximate surface area is 107 Å². The molecule has 0 aliphatic rings. The number of hydrogen-bond acceptors (Lipinski definition) is 3. The molecule has 98 valence electrons. The maximum Gasteiger partial charge on any atom is 0.248 e. The van der Waals surface area contributed by atoms with Crippen molar-refractivity contribution in [3.05, 3.63) is 35.4 Å². The van der Waals surface area contributed by atoms with Gasteiger partial charge in [-0.1, -0.05) is 12.1 Å². The Morgan fingerprint density at radius 1 is 1.33 bits per heavy atom. The lowest BCUT2D eigenvalue weighted by Gasteiger charge is -2.06. The van der Waals surface area contributed by atoms with Crippen LogP contribution >= 0.6 is 0 Å². The highest BCUT2D eigenvalue weighted by Gasteiger charge is 2.03. The first-order valence-electron chi connectivity index (χ1n) is 5.93. The van der Waals surface area contributed by atoms with Gasteiger partial charge in [0.1, 0.15) is 0 Å². The summed E-state index contributed by atoms with van der Waals surface area (Å²) in [6.07, 6.45) is 1.31. The molecule has 0 aromatic heterocycles. The fourth-order valence-electron chi connectivity index (χ4n) is 1.55. The topological polar surface area (TPSA) is 84.2 Å². The average molecular weight is 249 g/mol. The molecule has 0 atom stereocenters. The van der Waals surface area contributed by atoms with Crippen LogP contribution in [0.15, 0.2) is 24.3 Å². The SMILES string of the molecule is CNCCCC(=O)NCc1cccc(C(N)=O)c1. The molecule has 5 heteroatoms. The summed E-state index contributed by atoms with van der Waals surface area (Å²) in [4.78, 5) is 22.5. The molecule has 0 aliphatic carbocycles. The molecular weight excluding hydrogens is 230 g/mol. The van der Waals surface area contributed by atoms with Crippen molar-refractivity contribution in [3.63, 3.8) is 0 Å². The molecule has 4 N–H and O–H groups in total. The Balaban J connectivity index is 2.41. The van der Waals surface area contributed by atoms with Crippen molar-refractivity contribution in [3.8, 4) is 0 Å². The van der Waals surface area contributed by atoms with Crippen LogP contribution in [0.5, 0.6) is 0 Å². The first-order valence-corrected chi connectivity index (χ1v) is 5.93. The van der Waals surface area contributed by atoms with Crippen molar-refractivity contribution in [2.24, 2.45) is 5.73 Å². The van der Waals surface area contributed by atoms with Gasteiger partial charge in [0.25, 0.3) is 0 Å². The maximum atomic E-state index is 11.5. The monoisotopic (exact) mass is 249 g/mol. The van der Waals surface area contributed by atoms with E-state index in [-0.39, 0.29) is 5.91 Å². The van der Waals surface area contributed by atoms with Crippen molar-refractivity contribution in [2.45, 2.75) is 19.4 Å². The summed E-state index contributed by atoms with van der Waals surface area (Å²) >= 11 is 0. The lowest BCUT2D eigenvalue weighted by Crippen LogP contribution is -2.24. The van der Waals surface area contributed by atoms with Crippen molar-refractivity contribution < 1.29 is 9.59 Å². The van der Waals surface area contributed by atoms with Crippen LogP contribution in [-0.2, 0) is 11.3 Å².